The molecule has 6 nitrogen and oxygen atoms in total. The summed E-state index contributed by atoms with van der Waals surface area (Å²) in [5.41, 5.74) is 2.28. The van der Waals surface area contributed by atoms with Crippen LogP contribution in [0.4, 0.5) is 4.39 Å². The first-order valence-electron chi connectivity index (χ1n) is 10.6. The number of nitrogens with zero attached hydrogens (tertiary/aromatic N) is 2. The molecule has 1 aliphatic carbocycles. The quantitative estimate of drug-likeness (QED) is 0.475. The number of rotatable bonds is 6. The van der Waals surface area contributed by atoms with Crippen LogP contribution in [-0.4, -0.2) is 25.2 Å². The van der Waals surface area contributed by atoms with Gasteiger partial charge in [-0.15, -0.1) is 0 Å². The lowest BCUT2D eigenvalue weighted by Gasteiger charge is -2.16. The van der Waals surface area contributed by atoms with Crippen molar-refractivity contribution in [3.8, 4) is 11.4 Å². The number of aliphatic hydroxyl groups is 1. The van der Waals surface area contributed by atoms with E-state index in [1.165, 1.54) is 18.2 Å². The van der Waals surface area contributed by atoms with E-state index < -0.39 is 5.60 Å². The maximum Gasteiger partial charge on any atom is 0.258 e. The van der Waals surface area contributed by atoms with Crippen molar-refractivity contribution in [1.82, 2.24) is 14.5 Å². The van der Waals surface area contributed by atoms with Gasteiger partial charge in [0, 0.05) is 18.2 Å². The van der Waals surface area contributed by atoms with Crippen LogP contribution < -0.4 is 10.3 Å². The predicted octanol–water partition coefficient (Wildman–Crippen LogP) is 4.31. The van der Waals surface area contributed by atoms with Crippen LogP contribution in [0.15, 0.2) is 65.6 Å². The fourth-order valence-corrected chi connectivity index (χ4v) is 4.13. The highest BCUT2D eigenvalue weighted by Gasteiger charge is 2.49. The number of nitrogens with one attached hydrogen (secondary N) is 1. The van der Waals surface area contributed by atoms with Crippen molar-refractivity contribution in [1.29, 1.82) is 0 Å². The molecule has 2 heterocycles. The number of imidazole rings is 1. The van der Waals surface area contributed by atoms with Gasteiger partial charge in [-0.25, -0.2) is 9.37 Å². The number of H-pyrrole nitrogens is 1. The first-order valence-corrected chi connectivity index (χ1v) is 10.6. The van der Waals surface area contributed by atoms with Gasteiger partial charge in [-0.3, -0.25) is 9.36 Å². The number of hydrogen-bond donors (Lipinski definition) is 2. The molecule has 0 saturated heterocycles. The highest BCUT2D eigenvalue weighted by Crippen LogP contribution is 2.52. The molecule has 164 valence electrons. The van der Waals surface area contributed by atoms with Crippen LogP contribution in [0.5, 0.6) is 5.75 Å². The smallest absolute Gasteiger partial charge is 0.258 e. The monoisotopic (exact) mass is 433 g/mol. The Bertz CT molecular complexity index is 1340. The lowest BCUT2D eigenvalue weighted by molar-refractivity contribution is 0.0543. The van der Waals surface area contributed by atoms with Crippen LogP contribution in [-0.2, 0) is 6.61 Å². The molecule has 0 aliphatic heterocycles. The minimum absolute atomic E-state index is 0.201. The number of fused-ring (bicyclic) bond motifs is 1. The van der Waals surface area contributed by atoms with Crippen LogP contribution in [0, 0.1) is 11.7 Å². The van der Waals surface area contributed by atoms with Crippen LogP contribution in [0.1, 0.15) is 37.6 Å². The molecule has 4 aromatic rings. The van der Waals surface area contributed by atoms with Crippen LogP contribution >= 0.6 is 0 Å². The number of pyridine rings is 1. The second kappa shape index (κ2) is 7.60. The van der Waals surface area contributed by atoms with E-state index >= 15 is 0 Å². The molecule has 2 N–H and O–H groups in total. The summed E-state index contributed by atoms with van der Waals surface area (Å²) in [6, 6.07) is 14.9. The third-order valence-electron chi connectivity index (χ3n) is 6.02. The van der Waals surface area contributed by atoms with Crippen LogP contribution in [0.2, 0.25) is 0 Å². The molecule has 2 aromatic carbocycles. The van der Waals surface area contributed by atoms with Gasteiger partial charge in [-0.2, -0.15) is 0 Å². The van der Waals surface area contributed by atoms with Crippen molar-refractivity contribution in [2.24, 2.45) is 5.92 Å². The van der Waals surface area contributed by atoms with Crippen LogP contribution in [0.3, 0.4) is 0 Å². The van der Waals surface area contributed by atoms with E-state index in [0.717, 1.165) is 34.5 Å². The zero-order valence-corrected chi connectivity index (χ0v) is 17.9. The van der Waals surface area contributed by atoms with Crippen molar-refractivity contribution in [2.45, 2.75) is 38.4 Å². The van der Waals surface area contributed by atoms with Gasteiger partial charge in [0.15, 0.2) is 0 Å². The summed E-state index contributed by atoms with van der Waals surface area (Å²) >= 11 is 0. The highest BCUT2D eigenvalue weighted by molar-refractivity contribution is 5.77. The lowest BCUT2D eigenvalue weighted by atomic mass is 10.0. The summed E-state index contributed by atoms with van der Waals surface area (Å²) in [7, 11) is 0. The number of aromatic amines is 1. The average molecular weight is 433 g/mol. The second-order valence-electron chi connectivity index (χ2n) is 8.91. The third-order valence-corrected chi connectivity index (χ3v) is 6.02. The molecule has 0 bridgehead atoms. The largest absolute Gasteiger partial charge is 0.489 e. The summed E-state index contributed by atoms with van der Waals surface area (Å²) in [5.74, 6) is 1.46. The minimum Gasteiger partial charge on any atom is -0.489 e. The number of hydrogen-bond acceptors (Lipinski definition) is 4. The van der Waals surface area contributed by atoms with Gasteiger partial charge in [0.25, 0.3) is 5.56 Å². The zero-order chi connectivity index (χ0) is 22.5. The molecule has 0 spiro atoms. The maximum absolute atomic E-state index is 13.0. The zero-order valence-electron chi connectivity index (χ0n) is 17.9. The van der Waals surface area contributed by atoms with Crippen molar-refractivity contribution in [3.63, 3.8) is 0 Å². The fraction of sp³-hybridized carbons (Fsp3) is 0.280. The maximum atomic E-state index is 13.0. The van der Waals surface area contributed by atoms with Crippen molar-refractivity contribution in [2.75, 3.05) is 0 Å². The van der Waals surface area contributed by atoms with Gasteiger partial charge in [-0.1, -0.05) is 12.1 Å². The first-order chi connectivity index (χ1) is 15.3. The van der Waals surface area contributed by atoms with E-state index in [2.05, 4.69) is 9.97 Å². The van der Waals surface area contributed by atoms with Gasteiger partial charge in [0.05, 0.1) is 22.3 Å². The number of aromatic nitrogens is 3. The summed E-state index contributed by atoms with van der Waals surface area (Å²) in [6.45, 7) is 3.91. The predicted molar refractivity (Wildman–Crippen MR) is 120 cm³/mol. The highest BCUT2D eigenvalue weighted by atomic mass is 19.1. The van der Waals surface area contributed by atoms with Crippen molar-refractivity contribution < 1.29 is 14.2 Å². The Morgan fingerprint density at radius 2 is 1.97 bits per heavy atom. The van der Waals surface area contributed by atoms with E-state index in [9.17, 15) is 14.3 Å². The summed E-state index contributed by atoms with van der Waals surface area (Å²) in [6.07, 6.45) is 2.58. The van der Waals surface area contributed by atoms with E-state index in [-0.39, 0.29) is 29.8 Å². The molecule has 5 rings (SSSR count). The topological polar surface area (TPSA) is 80.1 Å². The normalized spacial score (nSPS) is 18.1. The van der Waals surface area contributed by atoms with Gasteiger partial charge >= 0.3 is 0 Å². The molecular weight excluding hydrogens is 409 g/mol. The Morgan fingerprint density at radius 3 is 2.66 bits per heavy atom. The van der Waals surface area contributed by atoms with E-state index in [4.69, 9.17) is 4.74 Å². The summed E-state index contributed by atoms with van der Waals surface area (Å²) < 4.78 is 20.2. The van der Waals surface area contributed by atoms with Gasteiger partial charge < -0.3 is 14.8 Å². The molecule has 1 saturated carbocycles. The Labute approximate surface area is 184 Å². The van der Waals surface area contributed by atoms with Crippen molar-refractivity contribution >= 4 is 11.0 Å². The molecule has 2 atom stereocenters. The van der Waals surface area contributed by atoms with Crippen LogP contribution in [0.25, 0.3) is 16.7 Å². The standard InChI is InChI=1S/C25H24FN3O3/c1-25(2,31)20-13-19(20)24-27-21-8-7-17(11-22(21)28-24)29-10-9-18(12-23(29)30)32-14-15-3-5-16(26)6-4-15/h3-12,19-20,31H,13-14H2,1-2H3,(H,27,28). The number of benzene rings is 2. The number of ether oxygens (including phenoxy) is 1. The molecular formula is C25H24FN3O3. The minimum atomic E-state index is -0.720. The van der Waals surface area contributed by atoms with Gasteiger partial charge in [-0.05, 0) is 68.1 Å². The molecule has 7 heteroatoms. The Morgan fingerprint density at radius 1 is 1.19 bits per heavy atom. The Hall–Kier alpha value is -3.45. The van der Waals surface area contributed by atoms with E-state index in [1.807, 2.05) is 32.0 Å². The fourth-order valence-electron chi connectivity index (χ4n) is 4.13. The number of halogens is 1. The Balaban J connectivity index is 1.34. The first kappa shape index (κ1) is 20.5. The second-order valence-corrected chi connectivity index (χ2v) is 8.91. The molecule has 2 aromatic heterocycles. The molecule has 0 radical (unpaired) electrons. The van der Waals surface area contributed by atoms with E-state index in [0.29, 0.717) is 5.75 Å². The molecule has 1 aliphatic rings. The SMILES string of the molecule is CC(C)(O)C1CC1c1nc2ccc(-n3ccc(OCc4ccc(F)cc4)cc3=O)cc2[nH]1. The van der Waals surface area contributed by atoms with Gasteiger partial charge in [0.2, 0.25) is 0 Å². The summed E-state index contributed by atoms with van der Waals surface area (Å²) in [4.78, 5) is 20.7. The summed E-state index contributed by atoms with van der Waals surface area (Å²) in [5, 5.41) is 10.2. The Kier molecular flexibility index (Phi) is 4.86. The lowest BCUT2D eigenvalue weighted by Crippen LogP contribution is -2.22. The molecule has 2 unspecified atom stereocenters. The molecule has 0 amide bonds. The van der Waals surface area contributed by atoms with E-state index in [1.54, 1.807) is 29.0 Å². The average Bonchev–Trinajstić information content (AvgIpc) is 3.47. The molecule has 1 fully saturated rings. The van der Waals surface area contributed by atoms with Gasteiger partial charge in [0.1, 0.15) is 24.0 Å². The third kappa shape index (κ3) is 4.03. The molecule has 32 heavy (non-hydrogen) atoms. The van der Waals surface area contributed by atoms with Crippen molar-refractivity contribution in [3.05, 3.63) is 88.4 Å².